The number of likely N-dealkylation sites (tertiary alicyclic amines) is 1. The van der Waals surface area contributed by atoms with Crippen LogP contribution < -0.4 is 0 Å². The van der Waals surface area contributed by atoms with Gasteiger partial charge in [-0.3, -0.25) is 14.4 Å². The van der Waals surface area contributed by atoms with Gasteiger partial charge in [0.05, 0.1) is 35.6 Å². The van der Waals surface area contributed by atoms with Crippen molar-refractivity contribution in [3.63, 3.8) is 0 Å². The monoisotopic (exact) mass is 592 g/mol. The highest BCUT2D eigenvalue weighted by Crippen LogP contribution is 2.65. The first kappa shape index (κ1) is 30.9. The Hall–Kier alpha value is -3.57. The van der Waals surface area contributed by atoms with Crippen molar-refractivity contribution in [2.45, 2.75) is 70.5 Å². The van der Waals surface area contributed by atoms with Crippen LogP contribution in [-0.4, -0.2) is 103 Å². The van der Waals surface area contributed by atoms with Crippen molar-refractivity contribution in [3.8, 4) is 0 Å². The minimum Gasteiger partial charge on any atom is -0.394 e. The van der Waals surface area contributed by atoms with Crippen molar-refractivity contribution in [3.05, 3.63) is 49.6 Å². The number of carbonyl (C=O) groups excluding carboxylic acids is 3. The maximum atomic E-state index is 14.9. The molecule has 2 bridgehead atoms. The van der Waals surface area contributed by atoms with E-state index in [0.29, 0.717) is 24.9 Å². The Morgan fingerprint density at radius 2 is 1.91 bits per heavy atom. The zero-order valence-corrected chi connectivity index (χ0v) is 25.8. The van der Waals surface area contributed by atoms with Crippen molar-refractivity contribution >= 4 is 28.8 Å². The van der Waals surface area contributed by atoms with Gasteiger partial charge in [0.1, 0.15) is 23.8 Å². The molecule has 3 aliphatic heterocycles. The third-order valence-corrected chi connectivity index (χ3v) is 9.77. The van der Waals surface area contributed by atoms with Crippen LogP contribution in [0.4, 0.5) is 0 Å². The Morgan fingerprint density at radius 3 is 2.56 bits per heavy atom. The molecule has 11 nitrogen and oxygen atoms in total. The van der Waals surface area contributed by atoms with E-state index in [9.17, 15) is 19.5 Å². The fraction of sp³-hybridized carbons (Fsp3) is 0.594. The number of likely N-dealkylation sites (N-methyl/N-ethyl adjacent to an activating group) is 1. The molecule has 3 aliphatic rings. The highest BCUT2D eigenvalue weighted by molar-refractivity contribution is 5.99. The summed E-state index contributed by atoms with van der Waals surface area (Å²) in [5.41, 5.74) is -0.698. The van der Waals surface area contributed by atoms with E-state index >= 15 is 0 Å². The van der Waals surface area contributed by atoms with Crippen LogP contribution in [-0.2, 0) is 25.8 Å². The Bertz CT molecular complexity index is 1420. The number of aromatic nitrogens is 3. The third kappa shape index (κ3) is 4.77. The average Bonchev–Trinajstić information content (AvgIpc) is 3.64. The van der Waals surface area contributed by atoms with Crippen LogP contribution in [0.3, 0.4) is 0 Å². The first-order valence-electron chi connectivity index (χ1n) is 15.1. The number of aliphatic hydroxyl groups is 1. The summed E-state index contributed by atoms with van der Waals surface area (Å²) < 4.78 is 8.54. The summed E-state index contributed by atoms with van der Waals surface area (Å²) in [4.78, 5) is 48.2. The van der Waals surface area contributed by atoms with Crippen LogP contribution in [0.5, 0.6) is 0 Å². The number of hydrogen-bond acceptors (Lipinski definition) is 7. The molecule has 43 heavy (non-hydrogen) atoms. The maximum Gasteiger partial charge on any atom is 0.250 e. The lowest BCUT2D eigenvalue weighted by Gasteiger charge is -2.39. The van der Waals surface area contributed by atoms with Crippen molar-refractivity contribution in [2.75, 3.05) is 26.7 Å². The molecule has 1 N–H and O–H groups in total. The zero-order valence-electron chi connectivity index (χ0n) is 25.8. The number of ether oxygens (including phenoxy) is 1. The lowest BCUT2D eigenvalue weighted by Crippen LogP contribution is -2.59. The summed E-state index contributed by atoms with van der Waals surface area (Å²) in [7, 11) is 1.69. The van der Waals surface area contributed by atoms with Gasteiger partial charge in [0, 0.05) is 20.1 Å². The molecular weight excluding hydrogens is 548 g/mol. The van der Waals surface area contributed by atoms with Crippen LogP contribution in [0.1, 0.15) is 40.5 Å². The van der Waals surface area contributed by atoms with Crippen LogP contribution in [0.15, 0.2) is 49.6 Å². The SMILES string of the molecule is C=CCN(C)C(=O)[C@H]1[C@H]2C(=O)N([C@@H](CO)CC(C)C)C(C(=O)N(CC=C)Cn3nnc4ccccc43)C23CC(C)[C@]1(C)O3. The molecule has 1 aromatic carbocycles. The molecule has 1 aromatic heterocycles. The number of carbonyl (C=O) groups is 3. The smallest absolute Gasteiger partial charge is 0.250 e. The molecule has 4 heterocycles. The van der Waals surface area contributed by atoms with Crippen LogP contribution >= 0.6 is 0 Å². The summed E-state index contributed by atoms with van der Waals surface area (Å²) in [6.07, 6.45) is 4.22. The van der Waals surface area contributed by atoms with Gasteiger partial charge in [-0.25, -0.2) is 4.68 Å². The second-order valence-corrected chi connectivity index (χ2v) is 13.0. The largest absolute Gasteiger partial charge is 0.394 e. The third-order valence-electron chi connectivity index (χ3n) is 9.77. The van der Waals surface area contributed by atoms with Gasteiger partial charge in [0.25, 0.3) is 0 Å². The molecule has 3 saturated heterocycles. The first-order chi connectivity index (χ1) is 20.4. The summed E-state index contributed by atoms with van der Waals surface area (Å²) in [6.45, 7) is 15.9. The van der Waals surface area contributed by atoms with Crippen molar-refractivity contribution in [1.82, 2.24) is 29.7 Å². The summed E-state index contributed by atoms with van der Waals surface area (Å²) in [6, 6.07) is 5.84. The number of rotatable bonds is 12. The summed E-state index contributed by atoms with van der Waals surface area (Å²) in [5, 5.41) is 19.1. The Kier molecular flexibility index (Phi) is 8.26. The van der Waals surface area contributed by atoms with Crippen molar-refractivity contribution < 1.29 is 24.2 Å². The Labute approximate surface area is 253 Å². The van der Waals surface area contributed by atoms with E-state index in [1.807, 2.05) is 52.0 Å². The normalized spacial score (nSPS) is 30.1. The summed E-state index contributed by atoms with van der Waals surface area (Å²) in [5.74, 6) is -2.44. The molecule has 3 fully saturated rings. The van der Waals surface area contributed by atoms with E-state index in [-0.39, 0.29) is 49.4 Å². The molecule has 3 unspecified atom stereocenters. The maximum absolute atomic E-state index is 14.9. The average molecular weight is 593 g/mol. The number of nitrogens with zero attached hydrogens (tertiary/aromatic N) is 6. The van der Waals surface area contributed by atoms with Gasteiger partial charge in [-0.1, -0.05) is 50.3 Å². The quantitative estimate of drug-likeness (QED) is 0.376. The molecule has 7 atom stereocenters. The van der Waals surface area contributed by atoms with Gasteiger partial charge < -0.3 is 24.5 Å². The number of para-hydroxylation sites is 1. The van der Waals surface area contributed by atoms with E-state index in [4.69, 9.17) is 4.74 Å². The highest BCUT2D eigenvalue weighted by atomic mass is 16.5. The number of aliphatic hydroxyl groups excluding tert-OH is 1. The Morgan fingerprint density at radius 1 is 1.21 bits per heavy atom. The topological polar surface area (TPSA) is 121 Å². The predicted octanol–water partition coefficient (Wildman–Crippen LogP) is 2.47. The first-order valence-corrected chi connectivity index (χ1v) is 15.1. The lowest BCUT2D eigenvalue weighted by atomic mass is 9.62. The molecular formula is C32H44N6O5. The van der Waals surface area contributed by atoms with E-state index < -0.39 is 35.1 Å². The summed E-state index contributed by atoms with van der Waals surface area (Å²) >= 11 is 0. The zero-order chi connectivity index (χ0) is 31.3. The molecule has 0 aliphatic carbocycles. The minimum absolute atomic E-state index is 0.0792. The molecule has 3 amide bonds. The molecule has 232 valence electrons. The molecule has 5 rings (SSSR count). The van der Waals surface area contributed by atoms with E-state index in [0.717, 1.165) is 5.52 Å². The molecule has 2 aromatic rings. The lowest BCUT2D eigenvalue weighted by molar-refractivity contribution is -0.158. The second kappa shape index (κ2) is 11.5. The van der Waals surface area contributed by atoms with Gasteiger partial charge in [0.15, 0.2) is 0 Å². The van der Waals surface area contributed by atoms with Crippen molar-refractivity contribution in [1.29, 1.82) is 0 Å². The molecule has 1 spiro atoms. The van der Waals surface area contributed by atoms with Crippen molar-refractivity contribution in [2.24, 2.45) is 23.7 Å². The molecule has 0 saturated carbocycles. The number of hydrogen-bond donors (Lipinski definition) is 1. The van der Waals surface area contributed by atoms with Crippen LogP contribution in [0.25, 0.3) is 11.0 Å². The van der Waals surface area contributed by atoms with Crippen LogP contribution in [0, 0.1) is 23.7 Å². The van der Waals surface area contributed by atoms with E-state index in [1.54, 1.807) is 38.6 Å². The van der Waals surface area contributed by atoms with Gasteiger partial charge in [-0.2, -0.15) is 0 Å². The highest BCUT2D eigenvalue weighted by Gasteiger charge is 2.80. The van der Waals surface area contributed by atoms with E-state index in [2.05, 4.69) is 23.5 Å². The van der Waals surface area contributed by atoms with Gasteiger partial charge in [-0.05, 0) is 43.7 Å². The standard InChI is InChI=1S/C32H44N6O5/c1-8-14-35(7)28(40)25-26-29(41)38(22(18-39)16-20(3)4)27(32(26)17-21(5)31(25,6)43-32)30(42)36(15-9-2)19-37-24-13-11-10-12-23(24)33-34-37/h8-13,20-22,25-27,39H,1-2,14-19H2,3-7H3/t21?,22-,25-,26+,27?,31+,32?/m1/s1. The minimum atomic E-state index is -1.23. The molecule has 11 heteroatoms. The predicted molar refractivity (Wildman–Crippen MR) is 161 cm³/mol. The van der Waals surface area contributed by atoms with Gasteiger partial charge in [0.2, 0.25) is 17.7 Å². The number of fused-ring (bicyclic) bond motifs is 2. The van der Waals surface area contributed by atoms with E-state index in [1.165, 1.54) is 0 Å². The second-order valence-electron chi connectivity index (χ2n) is 13.0. The van der Waals surface area contributed by atoms with Crippen LogP contribution in [0.2, 0.25) is 0 Å². The van der Waals surface area contributed by atoms with Gasteiger partial charge in [-0.15, -0.1) is 18.3 Å². The molecule has 0 radical (unpaired) electrons. The number of benzene rings is 1. The van der Waals surface area contributed by atoms with Gasteiger partial charge >= 0.3 is 0 Å². The number of amides is 3. The fourth-order valence-electron chi connectivity index (χ4n) is 7.80. The Balaban J connectivity index is 1.62. The fourth-order valence-corrected chi connectivity index (χ4v) is 7.80.